The lowest BCUT2D eigenvalue weighted by Crippen LogP contribution is -2.36. The number of aromatic hydroxyl groups is 2. The molecule has 2 aromatic carbocycles. The third kappa shape index (κ3) is 6.16. The van der Waals surface area contributed by atoms with E-state index in [4.69, 9.17) is 14.7 Å². The largest absolute Gasteiger partial charge is 0.505 e. The first kappa shape index (κ1) is 39.3. The topological polar surface area (TPSA) is 166 Å². The van der Waals surface area contributed by atoms with Gasteiger partial charge in [0, 0.05) is 37.8 Å². The van der Waals surface area contributed by atoms with E-state index in [0.717, 1.165) is 60.8 Å². The van der Waals surface area contributed by atoms with Crippen molar-refractivity contribution >= 4 is 70.6 Å². The second-order valence-electron chi connectivity index (χ2n) is 14.7. The first-order valence-corrected chi connectivity index (χ1v) is 20.2. The third-order valence-corrected chi connectivity index (χ3v) is 13.3. The molecule has 18 heteroatoms. The maximum atomic E-state index is 15.6. The minimum atomic E-state index is -1.20. The van der Waals surface area contributed by atoms with Gasteiger partial charge in [-0.2, -0.15) is 14.9 Å². The Kier molecular flexibility index (Phi) is 10.1. The smallest absolute Gasteiger partial charge is 0.202 e. The highest BCUT2D eigenvalue weighted by Gasteiger charge is 2.36. The number of ether oxygens (including phenoxy) is 2. The Morgan fingerprint density at radius 2 is 1.34 bits per heavy atom. The van der Waals surface area contributed by atoms with Gasteiger partial charge in [0.1, 0.15) is 54.7 Å². The number of halogens is 4. The van der Waals surface area contributed by atoms with Gasteiger partial charge in [-0.15, -0.1) is 22.7 Å². The quantitative estimate of drug-likeness (QED) is 0.125. The van der Waals surface area contributed by atoms with Crippen molar-refractivity contribution in [2.24, 2.45) is 5.92 Å². The van der Waals surface area contributed by atoms with Gasteiger partial charge in [-0.1, -0.05) is 0 Å². The second-order valence-corrected chi connectivity index (χ2v) is 16.7. The highest BCUT2D eigenvalue weighted by molar-refractivity contribution is 7.20. The Labute approximate surface area is 335 Å². The number of nitrogens with zero attached hydrogens (tertiary/aromatic N) is 5. The maximum Gasteiger partial charge on any atom is 0.202 e. The maximum absolute atomic E-state index is 15.6. The van der Waals surface area contributed by atoms with Crippen LogP contribution in [0.2, 0.25) is 0 Å². The van der Waals surface area contributed by atoms with Crippen molar-refractivity contribution < 1.29 is 37.2 Å². The number of pyridine rings is 2. The molecule has 2 atom stereocenters. The van der Waals surface area contributed by atoms with Crippen molar-refractivity contribution in [1.82, 2.24) is 14.5 Å². The number of fused-ring (bicyclic) bond motifs is 4. The summed E-state index contributed by atoms with van der Waals surface area (Å²) in [5.41, 5.74) is -0.197. The summed E-state index contributed by atoms with van der Waals surface area (Å²) in [7, 11) is 2.67. The molecule has 3 fully saturated rings. The molecule has 0 radical (unpaired) electrons. The Bertz CT molecular complexity index is 2890. The summed E-state index contributed by atoms with van der Waals surface area (Å²) in [6.07, 6.45) is 4.19. The van der Waals surface area contributed by atoms with Crippen LogP contribution in [0.4, 0.5) is 23.2 Å². The second kappa shape index (κ2) is 15.0. The van der Waals surface area contributed by atoms with E-state index in [2.05, 4.69) is 5.32 Å². The minimum absolute atomic E-state index is 0.00767. The predicted octanol–water partition coefficient (Wildman–Crippen LogP) is 7.47. The van der Waals surface area contributed by atoms with Crippen molar-refractivity contribution in [3.05, 3.63) is 59.8 Å². The molecule has 12 nitrogen and oxygen atoms in total. The molecule has 6 aromatic rings. The van der Waals surface area contributed by atoms with E-state index >= 15 is 4.39 Å². The summed E-state index contributed by atoms with van der Waals surface area (Å²) in [4.78, 5) is 29.0. The highest BCUT2D eigenvalue weighted by atomic mass is 32.1. The third-order valence-electron chi connectivity index (χ3n) is 11.2. The molecule has 1 saturated heterocycles. The lowest BCUT2D eigenvalue weighted by molar-refractivity contribution is 0.373. The number of alkyl halides is 1. The number of thiophene rings is 2. The van der Waals surface area contributed by atoms with E-state index in [1.807, 2.05) is 28.5 Å². The van der Waals surface area contributed by atoms with Crippen molar-refractivity contribution in [2.75, 3.05) is 45.4 Å². The summed E-state index contributed by atoms with van der Waals surface area (Å²) in [6.45, 7) is 3.04. The Hall–Kier alpha value is -5.56. The molecule has 302 valence electrons. The molecule has 4 aromatic heterocycles. The van der Waals surface area contributed by atoms with E-state index in [0.29, 0.717) is 34.0 Å². The number of rotatable bonds is 9. The lowest BCUT2D eigenvalue weighted by atomic mass is 10.0. The number of nitrogens with one attached hydrogen (secondary N) is 1. The average molecular weight is 837 g/mol. The molecule has 2 saturated carbocycles. The molecule has 0 spiro atoms. The molecule has 9 rings (SSSR count). The zero-order valence-electron chi connectivity index (χ0n) is 31.4. The van der Waals surface area contributed by atoms with Crippen LogP contribution in [0.15, 0.2) is 21.7 Å². The van der Waals surface area contributed by atoms with E-state index in [1.165, 1.54) is 20.3 Å². The molecule has 1 aliphatic heterocycles. The van der Waals surface area contributed by atoms with Crippen LogP contribution in [-0.2, 0) is 0 Å². The van der Waals surface area contributed by atoms with Gasteiger partial charge in [-0.25, -0.2) is 13.2 Å². The Morgan fingerprint density at radius 1 is 0.845 bits per heavy atom. The molecule has 5 heterocycles. The van der Waals surface area contributed by atoms with Gasteiger partial charge in [0.15, 0.2) is 34.6 Å². The van der Waals surface area contributed by atoms with Gasteiger partial charge < -0.3 is 39.0 Å². The zero-order valence-corrected chi connectivity index (χ0v) is 33.1. The minimum Gasteiger partial charge on any atom is -0.505 e. The molecule has 3 N–H and O–H groups in total. The van der Waals surface area contributed by atoms with Gasteiger partial charge in [-0.05, 0) is 57.1 Å². The van der Waals surface area contributed by atoms with E-state index in [-0.39, 0.29) is 84.7 Å². The monoisotopic (exact) mass is 836 g/mol. The van der Waals surface area contributed by atoms with Crippen LogP contribution in [0.25, 0.3) is 42.2 Å². The van der Waals surface area contributed by atoms with Crippen LogP contribution in [0.1, 0.15) is 60.9 Å². The standard InChI is InChI=1S/C24H26F2N4O3S.C16H10F2N2O3S/c1-12(28-7-6-25)13-5-8-29(11-13)20-16(26)9-15-19(23(20)33-2)30(14-3-4-14)24-18(21(15)31)22(32)17(10-27)34-24;1-23-15-11(18)8(17)4-7-12(15)20(6-2-3-6)16-10(13(7)21)14(22)9(5-19)24-16/h9,12-14,28,32H,3-8,11H2,1-2H3;4,6,22H,2-3H2,1H3/t12-,13+;/m0./s1. The number of hydrogen-bond acceptors (Lipinski definition) is 12. The van der Waals surface area contributed by atoms with Crippen LogP contribution in [0.3, 0.4) is 0 Å². The van der Waals surface area contributed by atoms with Gasteiger partial charge in [0.25, 0.3) is 0 Å². The van der Waals surface area contributed by atoms with Crippen LogP contribution in [0.5, 0.6) is 23.0 Å². The summed E-state index contributed by atoms with van der Waals surface area (Å²) >= 11 is 2.03. The fraction of sp³-hybridized carbons (Fsp3) is 0.400. The number of benzene rings is 2. The van der Waals surface area contributed by atoms with Gasteiger partial charge in [0.05, 0.1) is 36.0 Å². The predicted molar refractivity (Wildman–Crippen MR) is 213 cm³/mol. The number of aromatic nitrogens is 2. The first-order chi connectivity index (χ1) is 27.9. The number of anilines is 1. The average Bonchev–Trinajstić information content (AvgIpc) is 4.13. The Morgan fingerprint density at radius 3 is 1.81 bits per heavy atom. The van der Waals surface area contributed by atoms with Crippen LogP contribution < -0.4 is 30.5 Å². The van der Waals surface area contributed by atoms with E-state index in [1.54, 1.807) is 4.57 Å². The summed E-state index contributed by atoms with van der Waals surface area (Å²) in [5.74, 6) is -3.53. The van der Waals surface area contributed by atoms with Crippen molar-refractivity contribution in [3.8, 4) is 35.1 Å². The normalized spacial score (nSPS) is 17.1. The Balaban J connectivity index is 0.000000172. The molecule has 3 aliphatic rings. The van der Waals surface area contributed by atoms with Crippen molar-refractivity contribution in [3.63, 3.8) is 0 Å². The summed E-state index contributed by atoms with van der Waals surface area (Å²) in [6, 6.07) is 5.99. The number of hydrogen-bond donors (Lipinski definition) is 3. The fourth-order valence-corrected chi connectivity index (χ4v) is 10.2. The molecule has 0 unspecified atom stereocenters. The summed E-state index contributed by atoms with van der Waals surface area (Å²) in [5, 5.41) is 42.5. The molecule has 58 heavy (non-hydrogen) atoms. The number of nitriles is 2. The first-order valence-electron chi connectivity index (χ1n) is 18.6. The summed E-state index contributed by atoms with van der Waals surface area (Å²) < 4.78 is 70.7. The van der Waals surface area contributed by atoms with Crippen LogP contribution in [-0.4, -0.2) is 65.9 Å². The zero-order chi connectivity index (χ0) is 41.3. The molecular weight excluding hydrogens is 801 g/mol. The van der Waals surface area contributed by atoms with E-state index in [9.17, 15) is 38.2 Å². The molecule has 0 bridgehead atoms. The van der Waals surface area contributed by atoms with Gasteiger partial charge in [-0.3, -0.25) is 9.59 Å². The number of methoxy groups -OCH3 is 2. The van der Waals surface area contributed by atoms with Crippen molar-refractivity contribution in [2.45, 2.75) is 57.2 Å². The van der Waals surface area contributed by atoms with Gasteiger partial charge >= 0.3 is 0 Å². The van der Waals surface area contributed by atoms with Crippen molar-refractivity contribution in [1.29, 1.82) is 10.5 Å². The van der Waals surface area contributed by atoms with Crippen LogP contribution >= 0.6 is 22.7 Å². The fourth-order valence-electron chi connectivity index (χ4n) is 8.10. The van der Waals surface area contributed by atoms with Gasteiger partial charge in [0.2, 0.25) is 16.7 Å². The van der Waals surface area contributed by atoms with Crippen LogP contribution in [0, 0.1) is 46.0 Å². The van der Waals surface area contributed by atoms with E-state index < -0.39 is 40.7 Å². The molecule has 2 aliphatic carbocycles. The SMILES string of the molecule is COc1c(F)c(F)cc2c(=O)c3c(O)c(C#N)sc3n(C3CC3)c12.COc1c(N2CC[C@@H]([C@H](C)NCCF)C2)c(F)cc2c(=O)c3c(O)c(C#N)sc3n(C3CC3)c12. The lowest BCUT2D eigenvalue weighted by Gasteiger charge is -2.26. The highest BCUT2D eigenvalue weighted by Crippen LogP contribution is 2.50. The molecular formula is C40H36F4N6O6S2. The molecule has 0 amide bonds.